The van der Waals surface area contributed by atoms with Crippen LogP contribution in [0.4, 0.5) is 0 Å². The quantitative estimate of drug-likeness (QED) is 0.631. The van der Waals surface area contributed by atoms with Crippen LogP contribution >= 0.6 is 12.4 Å². The van der Waals surface area contributed by atoms with E-state index in [1.54, 1.807) is 0 Å². The number of ether oxygens (including phenoxy) is 1. The summed E-state index contributed by atoms with van der Waals surface area (Å²) >= 11 is 0. The molecule has 0 N–H and O–H groups in total. The van der Waals surface area contributed by atoms with Crippen molar-refractivity contribution in [2.24, 2.45) is 0 Å². The minimum Gasteiger partial charge on any atom is -0.498 e. The molecule has 1 aliphatic heterocycles. The Morgan fingerprint density at radius 3 is 2.58 bits per heavy atom. The second kappa shape index (κ2) is 6.32. The molecule has 2 nitrogen and oxygen atoms in total. The third-order valence-corrected chi connectivity index (χ3v) is 2.04. The summed E-state index contributed by atoms with van der Waals surface area (Å²) in [5.41, 5.74) is 0. The van der Waals surface area contributed by atoms with E-state index in [2.05, 4.69) is 18.4 Å². The second-order valence-electron chi connectivity index (χ2n) is 3.12. The van der Waals surface area contributed by atoms with E-state index in [-0.39, 0.29) is 12.4 Å². The molecule has 1 aliphatic rings. The highest BCUT2D eigenvalue weighted by Crippen LogP contribution is 2.08. The van der Waals surface area contributed by atoms with Gasteiger partial charge in [0, 0.05) is 6.54 Å². The maximum Gasteiger partial charge on any atom is 0.108 e. The van der Waals surface area contributed by atoms with Crippen LogP contribution in [0.15, 0.2) is 12.8 Å². The predicted octanol–water partition coefficient (Wildman–Crippen LogP) is 2.05. The lowest BCUT2D eigenvalue weighted by Gasteiger charge is -2.19. The zero-order valence-electron chi connectivity index (χ0n) is 7.66. The first-order valence-corrected chi connectivity index (χ1v) is 4.31. The molecule has 1 saturated heterocycles. The van der Waals surface area contributed by atoms with Gasteiger partial charge in [0.25, 0.3) is 0 Å². The van der Waals surface area contributed by atoms with Crippen LogP contribution in [0.1, 0.15) is 19.8 Å². The Morgan fingerprint density at radius 2 is 2.08 bits per heavy atom. The molecule has 1 fully saturated rings. The molecule has 72 valence electrons. The van der Waals surface area contributed by atoms with Crippen LogP contribution in [0, 0.1) is 0 Å². The zero-order valence-corrected chi connectivity index (χ0v) is 8.48. The van der Waals surface area contributed by atoms with E-state index in [0.29, 0.717) is 6.10 Å². The summed E-state index contributed by atoms with van der Waals surface area (Å²) in [6, 6.07) is 0. The molecule has 0 aliphatic carbocycles. The summed E-state index contributed by atoms with van der Waals surface area (Å²) < 4.78 is 5.23. The van der Waals surface area contributed by atoms with Gasteiger partial charge >= 0.3 is 0 Å². The van der Waals surface area contributed by atoms with E-state index < -0.39 is 0 Å². The van der Waals surface area contributed by atoms with Gasteiger partial charge in [-0.15, -0.1) is 12.4 Å². The van der Waals surface area contributed by atoms with Gasteiger partial charge in [-0.05, 0) is 32.9 Å². The van der Waals surface area contributed by atoms with E-state index in [9.17, 15) is 0 Å². The number of nitrogens with zero attached hydrogens (tertiary/aromatic N) is 1. The molecule has 0 bridgehead atoms. The third-order valence-electron chi connectivity index (χ3n) is 2.04. The first kappa shape index (κ1) is 11.8. The van der Waals surface area contributed by atoms with Crippen molar-refractivity contribution >= 4 is 12.4 Å². The molecule has 1 heterocycles. The van der Waals surface area contributed by atoms with Crippen LogP contribution < -0.4 is 0 Å². The lowest BCUT2D eigenvalue weighted by atomic mass is 10.4. The molecule has 0 aromatic heterocycles. The summed E-state index contributed by atoms with van der Waals surface area (Å²) in [6.45, 7) is 9.15. The maximum atomic E-state index is 5.23. The molecule has 3 heteroatoms. The average Bonchev–Trinajstić information content (AvgIpc) is 2.40. The normalized spacial score (nSPS) is 19.8. The van der Waals surface area contributed by atoms with Crippen molar-refractivity contribution < 1.29 is 4.74 Å². The number of hydrogen-bond acceptors (Lipinski definition) is 2. The van der Waals surface area contributed by atoms with E-state index in [1.165, 1.54) is 32.2 Å². The van der Waals surface area contributed by atoms with Crippen molar-refractivity contribution in [3.63, 3.8) is 0 Å². The molecule has 12 heavy (non-hydrogen) atoms. The number of hydrogen-bond donors (Lipinski definition) is 0. The van der Waals surface area contributed by atoms with Crippen molar-refractivity contribution in [2.75, 3.05) is 19.6 Å². The van der Waals surface area contributed by atoms with E-state index in [0.717, 1.165) is 6.54 Å². The second-order valence-corrected chi connectivity index (χ2v) is 3.12. The summed E-state index contributed by atoms with van der Waals surface area (Å²) in [7, 11) is 0. The molecule has 0 amide bonds. The Hall–Kier alpha value is -0.210. The van der Waals surface area contributed by atoms with Crippen LogP contribution in [0.2, 0.25) is 0 Å². The number of halogens is 1. The molecule has 0 aromatic rings. The summed E-state index contributed by atoms with van der Waals surface area (Å²) in [4.78, 5) is 2.44. The van der Waals surface area contributed by atoms with E-state index in [4.69, 9.17) is 4.74 Å². The Morgan fingerprint density at radius 1 is 1.50 bits per heavy atom. The van der Waals surface area contributed by atoms with Gasteiger partial charge in [0.2, 0.25) is 0 Å². The minimum atomic E-state index is 0. The Bertz CT molecular complexity index is 124. The molecule has 0 radical (unpaired) electrons. The zero-order chi connectivity index (χ0) is 8.10. The molecular weight excluding hydrogens is 174 g/mol. The van der Waals surface area contributed by atoms with Crippen LogP contribution in [-0.4, -0.2) is 30.6 Å². The van der Waals surface area contributed by atoms with Crippen molar-refractivity contribution in [3.05, 3.63) is 12.8 Å². The van der Waals surface area contributed by atoms with Gasteiger partial charge in [-0.2, -0.15) is 0 Å². The molecule has 1 atom stereocenters. The van der Waals surface area contributed by atoms with Gasteiger partial charge in [0.15, 0.2) is 0 Å². The highest BCUT2D eigenvalue weighted by Gasteiger charge is 2.13. The summed E-state index contributed by atoms with van der Waals surface area (Å²) in [5, 5.41) is 0. The number of likely N-dealkylation sites (tertiary alicyclic amines) is 1. The topological polar surface area (TPSA) is 12.5 Å². The fourth-order valence-electron chi connectivity index (χ4n) is 1.54. The van der Waals surface area contributed by atoms with Crippen LogP contribution in [0.25, 0.3) is 0 Å². The minimum absolute atomic E-state index is 0. The van der Waals surface area contributed by atoms with Crippen LogP contribution in [0.3, 0.4) is 0 Å². The van der Waals surface area contributed by atoms with Crippen molar-refractivity contribution in [3.8, 4) is 0 Å². The molecular formula is C9H18ClNO. The summed E-state index contributed by atoms with van der Waals surface area (Å²) in [5.74, 6) is 0. The van der Waals surface area contributed by atoms with Gasteiger partial charge in [-0.1, -0.05) is 6.58 Å². The monoisotopic (exact) mass is 191 g/mol. The van der Waals surface area contributed by atoms with Gasteiger partial charge in [0.1, 0.15) is 6.10 Å². The van der Waals surface area contributed by atoms with Gasteiger partial charge < -0.3 is 4.74 Å². The summed E-state index contributed by atoms with van der Waals surface area (Å²) in [6.07, 6.45) is 4.52. The maximum absolute atomic E-state index is 5.23. The van der Waals surface area contributed by atoms with Gasteiger partial charge in [-0.25, -0.2) is 0 Å². The highest BCUT2D eigenvalue weighted by molar-refractivity contribution is 5.85. The fourth-order valence-corrected chi connectivity index (χ4v) is 1.54. The Kier molecular flexibility index (Phi) is 6.21. The highest BCUT2D eigenvalue weighted by atomic mass is 35.5. The predicted molar refractivity (Wildman–Crippen MR) is 53.7 cm³/mol. The molecule has 0 aromatic carbocycles. The van der Waals surface area contributed by atoms with E-state index >= 15 is 0 Å². The van der Waals surface area contributed by atoms with Gasteiger partial charge in [-0.3, -0.25) is 4.90 Å². The van der Waals surface area contributed by atoms with Crippen molar-refractivity contribution in [1.82, 2.24) is 4.90 Å². The van der Waals surface area contributed by atoms with E-state index in [1.807, 2.05) is 0 Å². The fraction of sp³-hybridized carbons (Fsp3) is 0.778. The largest absolute Gasteiger partial charge is 0.498 e. The molecule has 1 rings (SSSR count). The first-order valence-electron chi connectivity index (χ1n) is 4.31. The Balaban J connectivity index is 0.00000121. The average molecular weight is 192 g/mol. The molecule has 1 unspecified atom stereocenters. The lowest BCUT2D eigenvalue weighted by Crippen LogP contribution is -2.28. The standard InChI is InChI=1S/C9H17NO.ClH/c1-3-11-9(2)8-10-6-4-5-7-10;/h3,9H,1,4-8H2,2H3;1H. The Labute approximate surface area is 81.0 Å². The lowest BCUT2D eigenvalue weighted by molar-refractivity contribution is 0.119. The first-order chi connectivity index (χ1) is 5.33. The smallest absolute Gasteiger partial charge is 0.108 e. The molecule has 0 saturated carbocycles. The van der Waals surface area contributed by atoms with Crippen LogP contribution in [-0.2, 0) is 4.74 Å². The van der Waals surface area contributed by atoms with Crippen molar-refractivity contribution in [1.29, 1.82) is 0 Å². The van der Waals surface area contributed by atoms with Gasteiger partial charge in [0.05, 0.1) is 6.26 Å². The molecule has 0 spiro atoms. The number of rotatable bonds is 4. The van der Waals surface area contributed by atoms with Crippen LogP contribution in [0.5, 0.6) is 0 Å². The van der Waals surface area contributed by atoms with Crippen molar-refractivity contribution in [2.45, 2.75) is 25.9 Å². The third kappa shape index (κ3) is 3.98. The SMILES string of the molecule is C=COC(C)CN1CCCC1.Cl.